The highest BCUT2D eigenvalue weighted by molar-refractivity contribution is 5.98. The van der Waals surface area contributed by atoms with E-state index in [2.05, 4.69) is 0 Å². The first-order valence-electron chi connectivity index (χ1n) is 6.26. The molecule has 0 saturated heterocycles. The van der Waals surface area contributed by atoms with Crippen molar-refractivity contribution >= 4 is 11.6 Å². The summed E-state index contributed by atoms with van der Waals surface area (Å²) in [4.78, 5) is 24.0. The number of hydrogen-bond donors (Lipinski definition) is 0. The van der Waals surface area contributed by atoms with Gasteiger partial charge in [-0.05, 0) is 24.5 Å². The maximum atomic E-state index is 13.3. The molecule has 0 aromatic heterocycles. The molecule has 0 aliphatic carbocycles. The van der Waals surface area contributed by atoms with Gasteiger partial charge in [0.15, 0.2) is 0 Å². The van der Waals surface area contributed by atoms with E-state index in [9.17, 15) is 19.3 Å². The third kappa shape index (κ3) is 3.31. The lowest BCUT2D eigenvalue weighted by molar-refractivity contribution is -0.385. The van der Waals surface area contributed by atoms with Gasteiger partial charge in [-0.15, -0.1) is 0 Å². The van der Waals surface area contributed by atoms with Gasteiger partial charge in [-0.25, -0.2) is 4.39 Å². The van der Waals surface area contributed by atoms with Crippen LogP contribution in [-0.2, 0) is 0 Å². The molecule has 0 aliphatic rings. The average Bonchev–Trinajstić information content (AvgIpc) is 2.34. The molecular weight excluding hydrogens is 263 g/mol. The van der Waals surface area contributed by atoms with Crippen LogP contribution in [0, 0.1) is 21.3 Å². The number of carbonyl (C=O) groups excluding carboxylic acids is 1. The van der Waals surface area contributed by atoms with Crippen molar-refractivity contribution < 1.29 is 14.1 Å². The third-order valence-electron chi connectivity index (χ3n) is 3.54. The quantitative estimate of drug-likeness (QED) is 0.631. The number of amides is 1. The van der Waals surface area contributed by atoms with Gasteiger partial charge in [0.25, 0.3) is 11.6 Å². The summed E-state index contributed by atoms with van der Waals surface area (Å²) in [7, 11) is 1.56. The molecule has 5 nitrogen and oxygen atoms in total. The molecule has 0 radical (unpaired) electrons. The molecule has 0 heterocycles. The number of nitrogens with zero attached hydrogens (tertiary/aromatic N) is 2. The summed E-state index contributed by atoms with van der Waals surface area (Å²) in [6.45, 7) is 7.73. The summed E-state index contributed by atoms with van der Waals surface area (Å²) < 4.78 is 13.3. The predicted molar refractivity (Wildman–Crippen MR) is 74.1 cm³/mol. The Morgan fingerprint density at radius 3 is 2.40 bits per heavy atom. The first-order chi connectivity index (χ1) is 9.05. The minimum Gasteiger partial charge on any atom is -0.338 e. The summed E-state index contributed by atoms with van der Waals surface area (Å²) in [5.74, 6) is -1.23. The molecule has 0 aliphatic heterocycles. The molecule has 1 atom stereocenters. The Kier molecular flexibility index (Phi) is 4.47. The molecule has 1 rings (SSSR count). The first-order valence-corrected chi connectivity index (χ1v) is 6.26. The normalized spacial score (nSPS) is 12.9. The Hall–Kier alpha value is -1.98. The second kappa shape index (κ2) is 5.56. The number of carbonyl (C=O) groups is 1. The molecule has 0 saturated carbocycles. The molecule has 1 aromatic rings. The molecule has 1 unspecified atom stereocenters. The van der Waals surface area contributed by atoms with E-state index >= 15 is 0 Å². The number of nitro benzene ring substituents is 1. The molecular formula is C14H19FN2O3. The summed E-state index contributed by atoms with van der Waals surface area (Å²) in [5.41, 5.74) is -0.801. The van der Waals surface area contributed by atoms with Crippen molar-refractivity contribution in [3.05, 3.63) is 39.7 Å². The largest absolute Gasteiger partial charge is 0.338 e. The van der Waals surface area contributed by atoms with Crippen molar-refractivity contribution in [3.63, 3.8) is 0 Å². The lowest BCUT2D eigenvalue weighted by atomic mass is 9.87. The lowest BCUT2D eigenvalue weighted by Gasteiger charge is -2.35. The summed E-state index contributed by atoms with van der Waals surface area (Å²) in [5, 5.41) is 10.9. The van der Waals surface area contributed by atoms with Crippen LogP contribution in [0.15, 0.2) is 18.2 Å². The molecule has 0 N–H and O–H groups in total. The highest BCUT2D eigenvalue weighted by Gasteiger charge is 2.31. The maximum absolute atomic E-state index is 13.3. The average molecular weight is 282 g/mol. The number of halogens is 1. The van der Waals surface area contributed by atoms with E-state index in [1.165, 1.54) is 4.90 Å². The molecule has 20 heavy (non-hydrogen) atoms. The number of rotatable bonds is 3. The topological polar surface area (TPSA) is 63.5 Å². The second-order valence-electron chi connectivity index (χ2n) is 5.88. The maximum Gasteiger partial charge on any atom is 0.282 e. The van der Waals surface area contributed by atoms with Crippen LogP contribution < -0.4 is 0 Å². The number of hydrogen-bond acceptors (Lipinski definition) is 3. The van der Waals surface area contributed by atoms with Gasteiger partial charge in [0.2, 0.25) is 0 Å². The third-order valence-corrected chi connectivity index (χ3v) is 3.54. The van der Waals surface area contributed by atoms with Crippen molar-refractivity contribution in [1.82, 2.24) is 4.90 Å². The monoisotopic (exact) mass is 282 g/mol. The zero-order valence-corrected chi connectivity index (χ0v) is 12.3. The Morgan fingerprint density at radius 1 is 1.40 bits per heavy atom. The van der Waals surface area contributed by atoms with Gasteiger partial charge < -0.3 is 4.90 Å². The van der Waals surface area contributed by atoms with Crippen molar-refractivity contribution in [1.29, 1.82) is 0 Å². The van der Waals surface area contributed by atoms with Crippen LogP contribution >= 0.6 is 0 Å². The smallest absolute Gasteiger partial charge is 0.282 e. The van der Waals surface area contributed by atoms with E-state index in [1.54, 1.807) is 7.05 Å². The first kappa shape index (κ1) is 16.1. The molecule has 0 fully saturated rings. The van der Waals surface area contributed by atoms with Gasteiger partial charge in [0.1, 0.15) is 11.4 Å². The van der Waals surface area contributed by atoms with E-state index in [0.29, 0.717) is 0 Å². The van der Waals surface area contributed by atoms with Crippen molar-refractivity contribution in [3.8, 4) is 0 Å². The summed E-state index contributed by atoms with van der Waals surface area (Å²) in [6, 6.07) is 2.74. The summed E-state index contributed by atoms with van der Waals surface area (Å²) >= 11 is 0. The number of nitro groups is 1. The SMILES string of the molecule is CC(N(C)C(=O)c1cc(F)ccc1[N+](=O)[O-])C(C)(C)C. The standard InChI is InChI=1S/C14H19FN2O3/c1-9(14(2,3)4)16(5)13(18)11-8-10(15)6-7-12(11)17(19)20/h6-9H,1-5H3. The lowest BCUT2D eigenvalue weighted by Crippen LogP contribution is -2.43. The van der Waals surface area contributed by atoms with Crippen molar-refractivity contribution in [2.24, 2.45) is 5.41 Å². The van der Waals surface area contributed by atoms with Gasteiger partial charge in [0.05, 0.1) is 4.92 Å². The minimum absolute atomic E-state index is 0.155. The van der Waals surface area contributed by atoms with Crippen molar-refractivity contribution in [2.75, 3.05) is 7.05 Å². The van der Waals surface area contributed by atoms with E-state index in [1.807, 2.05) is 27.7 Å². The Labute approximate surface area is 117 Å². The Balaban J connectivity index is 3.21. The van der Waals surface area contributed by atoms with E-state index in [-0.39, 0.29) is 22.7 Å². The van der Waals surface area contributed by atoms with Crippen LogP contribution in [0.2, 0.25) is 0 Å². The fourth-order valence-corrected chi connectivity index (χ4v) is 1.79. The fraction of sp³-hybridized carbons (Fsp3) is 0.500. The highest BCUT2D eigenvalue weighted by atomic mass is 19.1. The number of benzene rings is 1. The molecule has 1 amide bonds. The minimum atomic E-state index is -0.678. The Bertz CT molecular complexity index is 538. The molecule has 0 bridgehead atoms. The van der Waals surface area contributed by atoms with Crippen LogP contribution in [0.4, 0.5) is 10.1 Å². The zero-order valence-electron chi connectivity index (χ0n) is 12.3. The van der Waals surface area contributed by atoms with Gasteiger partial charge in [0, 0.05) is 19.2 Å². The molecule has 110 valence electrons. The predicted octanol–water partition coefficient (Wildman–Crippen LogP) is 3.24. The van der Waals surface area contributed by atoms with Gasteiger partial charge in [-0.2, -0.15) is 0 Å². The highest BCUT2D eigenvalue weighted by Crippen LogP contribution is 2.27. The van der Waals surface area contributed by atoms with Crippen LogP contribution in [0.5, 0.6) is 0 Å². The van der Waals surface area contributed by atoms with E-state index in [4.69, 9.17) is 0 Å². The second-order valence-corrected chi connectivity index (χ2v) is 5.88. The van der Waals surface area contributed by atoms with E-state index < -0.39 is 16.6 Å². The van der Waals surface area contributed by atoms with Crippen LogP contribution in [0.1, 0.15) is 38.1 Å². The van der Waals surface area contributed by atoms with E-state index in [0.717, 1.165) is 18.2 Å². The van der Waals surface area contributed by atoms with Gasteiger partial charge in [-0.1, -0.05) is 20.8 Å². The van der Waals surface area contributed by atoms with Crippen molar-refractivity contribution in [2.45, 2.75) is 33.7 Å². The van der Waals surface area contributed by atoms with Crippen LogP contribution in [0.3, 0.4) is 0 Å². The van der Waals surface area contributed by atoms with Crippen LogP contribution in [-0.4, -0.2) is 28.8 Å². The van der Waals surface area contributed by atoms with Gasteiger partial charge in [-0.3, -0.25) is 14.9 Å². The molecule has 6 heteroatoms. The van der Waals surface area contributed by atoms with Crippen LogP contribution in [0.25, 0.3) is 0 Å². The molecule has 0 spiro atoms. The molecule has 1 aromatic carbocycles. The van der Waals surface area contributed by atoms with Gasteiger partial charge >= 0.3 is 0 Å². The Morgan fingerprint density at radius 2 is 1.95 bits per heavy atom. The summed E-state index contributed by atoms with van der Waals surface area (Å²) in [6.07, 6.45) is 0. The zero-order chi connectivity index (χ0) is 15.7. The fourth-order valence-electron chi connectivity index (χ4n) is 1.79.